The zero-order chi connectivity index (χ0) is 21.8. The standard InChI is InChI=1S/C27H25NO2S/c1-3-19-28-24(20-21-13-7-4-8-14-21)25(22-15-9-5-10-16-22)27(31(2,29)30)26(28)23-17-11-6-12-18-23/h3-18H,1,19-20H2,2H3. The summed E-state index contributed by atoms with van der Waals surface area (Å²) in [6, 6.07) is 29.7. The number of rotatable bonds is 7. The zero-order valence-corrected chi connectivity index (χ0v) is 18.3. The monoisotopic (exact) mass is 427 g/mol. The Bertz CT molecular complexity index is 1290. The second-order valence-corrected chi connectivity index (χ2v) is 9.52. The van der Waals surface area contributed by atoms with E-state index in [0.29, 0.717) is 23.6 Å². The van der Waals surface area contributed by atoms with Crippen molar-refractivity contribution < 1.29 is 8.42 Å². The lowest BCUT2D eigenvalue weighted by Crippen LogP contribution is -2.05. The van der Waals surface area contributed by atoms with E-state index >= 15 is 0 Å². The minimum absolute atomic E-state index is 0.373. The fourth-order valence-corrected chi connectivity index (χ4v) is 5.28. The van der Waals surface area contributed by atoms with Crippen LogP contribution in [0.3, 0.4) is 0 Å². The summed E-state index contributed by atoms with van der Waals surface area (Å²) < 4.78 is 28.5. The summed E-state index contributed by atoms with van der Waals surface area (Å²) in [5, 5.41) is 0. The molecule has 0 atom stereocenters. The molecule has 1 heterocycles. The Morgan fingerprint density at radius 2 is 1.32 bits per heavy atom. The van der Waals surface area contributed by atoms with Crippen molar-refractivity contribution in [3.05, 3.63) is 115 Å². The molecule has 0 fully saturated rings. The first kappa shape index (κ1) is 20.9. The van der Waals surface area contributed by atoms with Crippen LogP contribution in [0, 0.1) is 0 Å². The van der Waals surface area contributed by atoms with Gasteiger partial charge in [-0.2, -0.15) is 0 Å². The van der Waals surface area contributed by atoms with Crippen LogP contribution in [0.1, 0.15) is 11.3 Å². The van der Waals surface area contributed by atoms with E-state index in [1.54, 1.807) is 0 Å². The van der Waals surface area contributed by atoms with E-state index in [2.05, 4.69) is 23.3 Å². The van der Waals surface area contributed by atoms with Crippen molar-refractivity contribution in [1.29, 1.82) is 0 Å². The predicted molar refractivity (Wildman–Crippen MR) is 128 cm³/mol. The fraction of sp³-hybridized carbons (Fsp3) is 0.111. The van der Waals surface area contributed by atoms with Gasteiger partial charge >= 0.3 is 0 Å². The lowest BCUT2D eigenvalue weighted by Gasteiger charge is -2.13. The Balaban J connectivity index is 2.13. The lowest BCUT2D eigenvalue weighted by atomic mass is 10.0. The van der Waals surface area contributed by atoms with E-state index in [1.165, 1.54) is 6.26 Å². The van der Waals surface area contributed by atoms with E-state index in [-0.39, 0.29) is 0 Å². The molecular formula is C27H25NO2S. The summed E-state index contributed by atoms with van der Waals surface area (Å²) >= 11 is 0. The van der Waals surface area contributed by atoms with Crippen LogP contribution in [0.5, 0.6) is 0 Å². The Morgan fingerprint density at radius 1 is 0.806 bits per heavy atom. The van der Waals surface area contributed by atoms with Crippen LogP contribution in [0.4, 0.5) is 0 Å². The molecule has 156 valence electrons. The van der Waals surface area contributed by atoms with Crippen LogP contribution in [-0.2, 0) is 22.8 Å². The Labute approximate surface area is 184 Å². The highest BCUT2D eigenvalue weighted by molar-refractivity contribution is 7.91. The molecule has 3 aromatic carbocycles. The molecule has 31 heavy (non-hydrogen) atoms. The zero-order valence-electron chi connectivity index (χ0n) is 17.5. The summed E-state index contributed by atoms with van der Waals surface area (Å²) in [7, 11) is -3.53. The van der Waals surface area contributed by atoms with Crippen LogP contribution >= 0.6 is 0 Å². The molecule has 4 aromatic rings. The summed E-state index contributed by atoms with van der Waals surface area (Å²) in [5.41, 5.74) is 5.36. The van der Waals surface area contributed by atoms with Gasteiger partial charge < -0.3 is 4.57 Å². The third-order valence-electron chi connectivity index (χ3n) is 5.33. The van der Waals surface area contributed by atoms with Crippen molar-refractivity contribution in [2.24, 2.45) is 0 Å². The number of hydrogen-bond donors (Lipinski definition) is 0. The molecule has 0 saturated carbocycles. The first-order valence-electron chi connectivity index (χ1n) is 10.2. The minimum Gasteiger partial charge on any atom is -0.339 e. The predicted octanol–water partition coefficient (Wildman–Crippen LogP) is 6.00. The van der Waals surface area contributed by atoms with Crippen molar-refractivity contribution in [3.8, 4) is 22.4 Å². The smallest absolute Gasteiger partial charge is 0.178 e. The molecule has 0 bridgehead atoms. The van der Waals surface area contributed by atoms with E-state index in [4.69, 9.17) is 0 Å². The Hall–Kier alpha value is -3.37. The molecule has 4 rings (SSSR count). The Morgan fingerprint density at radius 3 is 1.84 bits per heavy atom. The molecule has 0 radical (unpaired) electrons. The van der Waals surface area contributed by atoms with Gasteiger partial charge in [-0.3, -0.25) is 0 Å². The van der Waals surface area contributed by atoms with Crippen molar-refractivity contribution in [3.63, 3.8) is 0 Å². The molecule has 0 aliphatic rings. The average Bonchev–Trinajstić information content (AvgIpc) is 3.10. The van der Waals surface area contributed by atoms with E-state index in [9.17, 15) is 8.42 Å². The largest absolute Gasteiger partial charge is 0.339 e. The molecule has 0 amide bonds. The van der Waals surface area contributed by atoms with Gasteiger partial charge in [0.05, 0.1) is 5.69 Å². The molecule has 0 spiro atoms. The number of hydrogen-bond acceptors (Lipinski definition) is 2. The first-order chi connectivity index (χ1) is 15.0. The van der Waals surface area contributed by atoms with E-state index < -0.39 is 9.84 Å². The van der Waals surface area contributed by atoms with Crippen molar-refractivity contribution in [2.75, 3.05) is 6.26 Å². The third-order valence-corrected chi connectivity index (χ3v) is 6.47. The van der Waals surface area contributed by atoms with Gasteiger partial charge in [0, 0.05) is 30.5 Å². The van der Waals surface area contributed by atoms with Crippen molar-refractivity contribution in [1.82, 2.24) is 4.57 Å². The quantitative estimate of drug-likeness (QED) is 0.339. The number of benzene rings is 3. The second kappa shape index (κ2) is 8.78. The van der Waals surface area contributed by atoms with Gasteiger partial charge in [0.15, 0.2) is 9.84 Å². The minimum atomic E-state index is -3.53. The number of sulfone groups is 1. The van der Waals surface area contributed by atoms with E-state index in [0.717, 1.165) is 27.9 Å². The van der Waals surface area contributed by atoms with Crippen molar-refractivity contribution >= 4 is 9.84 Å². The molecule has 1 aromatic heterocycles. The van der Waals surface area contributed by atoms with Gasteiger partial charge in [-0.25, -0.2) is 8.42 Å². The summed E-state index contributed by atoms with van der Waals surface area (Å²) in [5.74, 6) is 0. The fourth-order valence-electron chi connectivity index (χ4n) is 4.09. The average molecular weight is 428 g/mol. The Kier molecular flexibility index (Phi) is 5.92. The molecule has 0 unspecified atom stereocenters. The van der Waals surface area contributed by atoms with Crippen LogP contribution in [0.15, 0.2) is 109 Å². The first-order valence-corrected chi connectivity index (χ1v) is 12.1. The van der Waals surface area contributed by atoms with Gasteiger partial charge in [0.25, 0.3) is 0 Å². The summed E-state index contributed by atoms with van der Waals surface area (Å²) in [4.78, 5) is 0.373. The molecule has 4 heteroatoms. The molecule has 0 aliphatic heterocycles. The van der Waals surface area contributed by atoms with E-state index in [1.807, 2.05) is 84.9 Å². The molecule has 0 saturated heterocycles. The maximum atomic E-state index is 13.2. The topological polar surface area (TPSA) is 39.1 Å². The third kappa shape index (κ3) is 4.25. The second-order valence-electron chi connectivity index (χ2n) is 7.57. The molecule has 0 N–H and O–H groups in total. The molecule has 0 aliphatic carbocycles. The molecule has 3 nitrogen and oxygen atoms in total. The normalized spacial score (nSPS) is 11.4. The number of nitrogens with zero attached hydrogens (tertiary/aromatic N) is 1. The lowest BCUT2D eigenvalue weighted by molar-refractivity contribution is 0.602. The van der Waals surface area contributed by atoms with Crippen LogP contribution < -0.4 is 0 Å². The van der Waals surface area contributed by atoms with Crippen LogP contribution in [-0.4, -0.2) is 19.2 Å². The van der Waals surface area contributed by atoms with Crippen LogP contribution in [0.2, 0.25) is 0 Å². The van der Waals surface area contributed by atoms with Gasteiger partial charge in [-0.15, -0.1) is 6.58 Å². The van der Waals surface area contributed by atoms with Crippen molar-refractivity contribution in [2.45, 2.75) is 17.9 Å². The highest BCUT2D eigenvalue weighted by atomic mass is 32.2. The van der Waals surface area contributed by atoms with Gasteiger partial charge in [0.2, 0.25) is 0 Å². The van der Waals surface area contributed by atoms with Gasteiger partial charge in [-0.05, 0) is 16.7 Å². The SMILES string of the molecule is C=CCn1c(Cc2ccccc2)c(-c2ccccc2)c(S(C)(=O)=O)c1-c1ccccc1. The highest BCUT2D eigenvalue weighted by Gasteiger charge is 2.30. The maximum absolute atomic E-state index is 13.2. The molecular weight excluding hydrogens is 402 g/mol. The van der Waals surface area contributed by atoms with Gasteiger partial charge in [-0.1, -0.05) is 97.1 Å². The maximum Gasteiger partial charge on any atom is 0.178 e. The van der Waals surface area contributed by atoms with Crippen LogP contribution in [0.25, 0.3) is 22.4 Å². The number of allylic oxidation sites excluding steroid dienone is 1. The summed E-state index contributed by atoms with van der Waals surface area (Å²) in [6.45, 7) is 4.46. The van der Waals surface area contributed by atoms with Gasteiger partial charge in [0.1, 0.15) is 4.90 Å². The highest BCUT2D eigenvalue weighted by Crippen LogP contribution is 2.42. The number of aromatic nitrogens is 1. The summed E-state index contributed by atoms with van der Waals surface area (Å²) in [6.07, 6.45) is 3.74.